The van der Waals surface area contributed by atoms with Gasteiger partial charge in [0, 0.05) is 16.7 Å². The zero-order valence-corrected chi connectivity index (χ0v) is 12.0. The highest BCUT2D eigenvalue weighted by Gasteiger charge is 2.25. The number of aliphatic carboxylic acids is 1. The molecule has 1 N–H and O–H groups in total. The van der Waals surface area contributed by atoms with E-state index >= 15 is 0 Å². The molecule has 1 aromatic carbocycles. The standard InChI is InChI=1S/C15H17NO5/c1-3-5-6-12-11(13(17)9-14(18)19)8-7-10(4-2)15(12)16(20)21/h3,5,7-8H,4,6,9H2,1-2H3,(H,18,19). The van der Waals surface area contributed by atoms with Crippen molar-refractivity contribution < 1.29 is 19.6 Å². The third-order valence-corrected chi connectivity index (χ3v) is 3.10. The summed E-state index contributed by atoms with van der Waals surface area (Å²) in [6, 6.07) is 3.00. The molecule has 0 aromatic heterocycles. The molecule has 21 heavy (non-hydrogen) atoms. The zero-order chi connectivity index (χ0) is 16.0. The number of ketones is 1. The van der Waals surface area contributed by atoms with E-state index in [4.69, 9.17) is 5.11 Å². The molecule has 112 valence electrons. The van der Waals surface area contributed by atoms with Crippen LogP contribution in [0.3, 0.4) is 0 Å². The molecule has 0 heterocycles. The van der Waals surface area contributed by atoms with Crippen LogP contribution < -0.4 is 0 Å². The van der Waals surface area contributed by atoms with Crippen LogP contribution in [-0.2, 0) is 17.6 Å². The van der Waals surface area contributed by atoms with Crippen LogP contribution in [0.2, 0.25) is 0 Å². The first-order valence-electron chi connectivity index (χ1n) is 6.57. The summed E-state index contributed by atoms with van der Waals surface area (Å²) in [4.78, 5) is 33.5. The molecule has 0 bridgehead atoms. The van der Waals surface area contributed by atoms with E-state index in [1.165, 1.54) is 12.1 Å². The van der Waals surface area contributed by atoms with E-state index in [-0.39, 0.29) is 23.2 Å². The number of rotatable bonds is 7. The molecule has 0 amide bonds. The first-order chi connectivity index (χ1) is 9.92. The van der Waals surface area contributed by atoms with Gasteiger partial charge in [-0.25, -0.2) is 0 Å². The highest BCUT2D eigenvalue weighted by molar-refractivity contribution is 6.07. The van der Waals surface area contributed by atoms with Gasteiger partial charge >= 0.3 is 5.97 Å². The summed E-state index contributed by atoms with van der Waals surface area (Å²) in [5.74, 6) is -1.87. The lowest BCUT2D eigenvalue weighted by Crippen LogP contribution is -2.12. The number of carboxylic acid groups (broad SMARTS) is 1. The molecule has 0 aliphatic heterocycles. The van der Waals surface area contributed by atoms with Crippen LogP contribution in [0.1, 0.15) is 41.8 Å². The second-order valence-electron chi connectivity index (χ2n) is 4.48. The molecule has 1 aromatic rings. The molecule has 0 unspecified atom stereocenters. The number of carbonyl (C=O) groups is 2. The van der Waals surface area contributed by atoms with E-state index in [2.05, 4.69) is 0 Å². The van der Waals surface area contributed by atoms with Crippen LogP contribution in [0.15, 0.2) is 24.3 Å². The van der Waals surface area contributed by atoms with Crippen molar-refractivity contribution in [3.8, 4) is 0 Å². The number of nitro benzene ring substituents is 1. The Kier molecular flexibility index (Phi) is 5.78. The van der Waals surface area contributed by atoms with Gasteiger partial charge in [-0.15, -0.1) is 0 Å². The van der Waals surface area contributed by atoms with Crippen LogP contribution in [0, 0.1) is 10.1 Å². The van der Waals surface area contributed by atoms with Crippen molar-refractivity contribution in [3.63, 3.8) is 0 Å². The van der Waals surface area contributed by atoms with E-state index in [0.717, 1.165) is 0 Å². The maximum atomic E-state index is 12.0. The smallest absolute Gasteiger partial charge is 0.311 e. The lowest BCUT2D eigenvalue weighted by molar-refractivity contribution is -0.386. The van der Waals surface area contributed by atoms with Crippen molar-refractivity contribution in [2.75, 3.05) is 0 Å². The molecule has 0 radical (unpaired) electrons. The van der Waals surface area contributed by atoms with Gasteiger partial charge in [-0.3, -0.25) is 19.7 Å². The number of hydrogen-bond donors (Lipinski definition) is 1. The number of Topliss-reactive ketones (excluding diaryl/α,β-unsaturated/α-hetero) is 1. The second kappa shape index (κ2) is 7.33. The Morgan fingerprint density at radius 3 is 2.52 bits per heavy atom. The molecule has 6 nitrogen and oxygen atoms in total. The summed E-state index contributed by atoms with van der Waals surface area (Å²) < 4.78 is 0. The Morgan fingerprint density at radius 2 is 2.05 bits per heavy atom. The van der Waals surface area contributed by atoms with Crippen LogP contribution in [0.5, 0.6) is 0 Å². The summed E-state index contributed by atoms with van der Waals surface area (Å²) in [5.41, 5.74) is 0.835. The van der Waals surface area contributed by atoms with Gasteiger partial charge < -0.3 is 5.11 Å². The zero-order valence-electron chi connectivity index (χ0n) is 12.0. The molecule has 0 aliphatic carbocycles. The van der Waals surface area contributed by atoms with Gasteiger partial charge in [0.15, 0.2) is 5.78 Å². The normalized spacial score (nSPS) is 10.8. The van der Waals surface area contributed by atoms with Gasteiger partial charge in [0.2, 0.25) is 0 Å². The molecule has 0 saturated heterocycles. The fourth-order valence-electron chi connectivity index (χ4n) is 2.13. The SMILES string of the molecule is CC=CCc1c(C(=O)CC(=O)O)ccc(CC)c1[N+](=O)[O-]. The van der Waals surface area contributed by atoms with Crippen molar-refractivity contribution >= 4 is 17.4 Å². The van der Waals surface area contributed by atoms with Crippen LogP contribution >= 0.6 is 0 Å². The topological polar surface area (TPSA) is 97.5 Å². The van der Waals surface area contributed by atoms with Crippen LogP contribution in [-0.4, -0.2) is 21.8 Å². The fourth-order valence-corrected chi connectivity index (χ4v) is 2.13. The molecule has 6 heteroatoms. The minimum absolute atomic E-state index is 0.0909. The number of benzene rings is 1. The molecule has 0 saturated carbocycles. The highest BCUT2D eigenvalue weighted by atomic mass is 16.6. The molecular formula is C15H17NO5. The average Bonchev–Trinajstić information content (AvgIpc) is 2.42. The molecule has 1 rings (SSSR count). The molecule has 0 atom stereocenters. The Hall–Kier alpha value is -2.50. The van der Waals surface area contributed by atoms with Crippen molar-refractivity contribution in [2.24, 2.45) is 0 Å². The minimum atomic E-state index is -1.25. The van der Waals surface area contributed by atoms with Gasteiger partial charge in [-0.2, -0.15) is 0 Å². The number of carboxylic acids is 1. The predicted molar refractivity (Wildman–Crippen MR) is 77.6 cm³/mol. The summed E-state index contributed by atoms with van der Waals surface area (Å²) >= 11 is 0. The van der Waals surface area contributed by atoms with E-state index in [1.54, 1.807) is 26.0 Å². The predicted octanol–water partition coefficient (Wildman–Crippen LogP) is 2.93. The number of nitrogens with zero attached hydrogens (tertiary/aromatic N) is 1. The second-order valence-corrected chi connectivity index (χ2v) is 4.48. The molecular weight excluding hydrogens is 274 g/mol. The minimum Gasteiger partial charge on any atom is -0.481 e. The maximum Gasteiger partial charge on any atom is 0.311 e. The van der Waals surface area contributed by atoms with Crippen LogP contribution in [0.25, 0.3) is 0 Å². The summed E-state index contributed by atoms with van der Waals surface area (Å²) in [7, 11) is 0. The highest BCUT2D eigenvalue weighted by Crippen LogP contribution is 2.29. The van der Waals surface area contributed by atoms with Crippen LogP contribution in [0.4, 0.5) is 5.69 Å². The summed E-state index contributed by atoms with van der Waals surface area (Å²) in [5, 5.41) is 20.0. The average molecular weight is 291 g/mol. The van der Waals surface area contributed by atoms with Gasteiger partial charge in [0.25, 0.3) is 5.69 Å². The third-order valence-electron chi connectivity index (χ3n) is 3.10. The maximum absolute atomic E-state index is 12.0. The number of nitro groups is 1. The lowest BCUT2D eigenvalue weighted by Gasteiger charge is -2.10. The lowest BCUT2D eigenvalue weighted by atomic mass is 9.93. The van der Waals surface area contributed by atoms with E-state index < -0.39 is 23.1 Å². The first kappa shape index (κ1) is 16.6. The number of aryl methyl sites for hydroxylation is 1. The summed E-state index contributed by atoms with van der Waals surface area (Å²) in [6.07, 6.45) is 3.45. The monoisotopic (exact) mass is 291 g/mol. The Balaban J connectivity index is 3.49. The van der Waals surface area contributed by atoms with E-state index in [9.17, 15) is 19.7 Å². The Labute approximate surface area is 122 Å². The molecule has 0 fully saturated rings. The summed E-state index contributed by atoms with van der Waals surface area (Å²) in [6.45, 7) is 3.56. The largest absolute Gasteiger partial charge is 0.481 e. The first-order valence-corrected chi connectivity index (χ1v) is 6.57. The van der Waals surface area contributed by atoms with Crippen molar-refractivity contribution in [3.05, 3.63) is 51.1 Å². The third kappa shape index (κ3) is 3.98. The number of hydrogen-bond acceptors (Lipinski definition) is 4. The fraction of sp³-hybridized carbons (Fsp3) is 0.333. The Bertz CT molecular complexity index is 604. The van der Waals surface area contributed by atoms with E-state index in [1.807, 2.05) is 0 Å². The quantitative estimate of drug-likeness (QED) is 0.274. The Morgan fingerprint density at radius 1 is 1.38 bits per heavy atom. The van der Waals surface area contributed by atoms with Crippen molar-refractivity contribution in [2.45, 2.75) is 33.1 Å². The van der Waals surface area contributed by atoms with Gasteiger partial charge in [-0.1, -0.05) is 31.2 Å². The van der Waals surface area contributed by atoms with Crippen molar-refractivity contribution in [1.82, 2.24) is 0 Å². The van der Waals surface area contributed by atoms with Crippen molar-refractivity contribution in [1.29, 1.82) is 0 Å². The molecule has 0 aliphatic rings. The number of carbonyl (C=O) groups excluding carboxylic acids is 1. The van der Waals surface area contributed by atoms with Gasteiger partial charge in [0.05, 0.1) is 4.92 Å². The van der Waals surface area contributed by atoms with E-state index in [0.29, 0.717) is 12.0 Å². The van der Waals surface area contributed by atoms with Gasteiger partial charge in [-0.05, 0) is 19.8 Å². The number of allylic oxidation sites excluding steroid dienone is 2. The molecule has 0 spiro atoms. The van der Waals surface area contributed by atoms with Gasteiger partial charge in [0.1, 0.15) is 6.42 Å².